The largest absolute Gasteiger partial charge is 0.376 e. The van der Waals surface area contributed by atoms with Crippen molar-refractivity contribution in [2.75, 3.05) is 13.7 Å². The van der Waals surface area contributed by atoms with Crippen LogP contribution in [0.5, 0.6) is 0 Å². The fourth-order valence-electron chi connectivity index (χ4n) is 2.10. The van der Waals surface area contributed by atoms with Crippen LogP contribution < -0.4 is 10.0 Å². The summed E-state index contributed by atoms with van der Waals surface area (Å²) in [5.74, 6) is 0. The second kappa shape index (κ2) is 5.49. The molecule has 0 bridgehead atoms. The summed E-state index contributed by atoms with van der Waals surface area (Å²) in [5.41, 5.74) is -0.524. The van der Waals surface area contributed by atoms with Gasteiger partial charge >= 0.3 is 0 Å². The van der Waals surface area contributed by atoms with E-state index in [2.05, 4.69) is 10.0 Å². The number of hydrogen-bond donors (Lipinski definition) is 2. The van der Waals surface area contributed by atoms with E-state index >= 15 is 0 Å². The first-order valence-corrected chi connectivity index (χ1v) is 8.61. The Labute approximate surface area is 118 Å². The van der Waals surface area contributed by atoms with Gasteiger partial charge in [-0.1, -0.05) is 0 Å². The van der Waals surface area contributed by atoms with Crippen molar-refractivity contribution in [3.8, 4) is 0 Å². The summed E-state index contributed by atoms with van der Waals surface area (Å²) in [6, 6.07) is 1.72. The zero-order valence-electron chi connectivity index (χ0n) is 11.4. The van der Waals surface area contributed by atoms with Crippen molar-refractivity contribution in [2.45, 2.75) is 43.4 Å². The van der Waals surface area contributed by atoms with E-state index in [1.807, 2.05) is 20.9 Å². The van der Waals surface area contributed by atoms with Crippen molar-refractivity contribution in [1.82, 2.24) is 10.0 Å². The molecule has 0 aliphatic carbocycles. The van der Waals surface area contributed by atoms with Crippen molar-refractivity contribution in [1.29, 1.82) is 0 Å². The lowest BCUT2D eigenvalue weighted by Crippen LogP contribution is -2.50. The van der Waals surface area contributed by atoms with Gasteiger partial charge in [0.25, 0.3) is 0 Å². The van der Waals surface area contributed by atoms with Crippen molar-refractivity contribution >= 4 is 21.4 Å². The van der Waals surface area contributed by atoms with Crippen LogP contribution in [0.15, 0.2) is 16.3 Å². The molecule has 0 saturated carbocycles. The Bertz CT molecular complexity index is 541. The van der Waals surface area contributed by atoms with Crippen LogP contribution in [-0.4, -0.2) is 33.7 Å². The van der Waals surface area contributed by atoms with Gasteiger partial charge in [0.2, 0.25) is 10.0 Å². The first-order chi connectivity index (χ1) is 8.87. The third kappa shape index (κ3) is 3.17. The molecule has 1 saturated heterocycles. The highest BCUT2D eigenvalue weighted by Crippen LogP contribution is 2.28. The van der Waals surface area contributed by atoms with Crippen LogP contribution in [-0.2, 0) is 21.3 Å². The van der Waals surface area contributed by atoms with Crippen LogP contribution in [0.1, 0.15) is 25.1 Å². The summed E-state index contributed by atoms with van der Waals surface area (Å²) >= 11 is 1.45. The molecule has 2 atom stereocenters. The summed E-state index contributed by atoms with van der Waals surface area (Å²) in [6.07, 6.45) is 0.582. The molecule has 1 aromatic rings. The number of thiophene rings is 1. The van der Waals surface area contributed by atoms with Gasteiger partial charge in [0, 0.05) is 23.4 Å². The highest BCUT2D eigenvalue weighted by atomic mass is 32.2. The summed E-state index contributed by atoms with van der Waals surface area (Å²) in [5, 5.41) is 4.69. The van der Waals surface area contributed by atoms with Gasteiger partial charge in [0.05, 0.1) is 16.5 Å². The number of ether oxygens (including phenoxy) is 1. The van der Waals surface area contributed by atoms with Crippen molar-refractivity contribution in [3.63, 3.8) is 0 Å². The maximum Gasteiger partial charge on any atom is 0.241 e. The number of rotatable bonds is 5. The zero-order chi connectivity index (χ0) is 14.1. The Hall–Kier alpha value is -0.470. The van der Waals surface area contributed by atoms with Crippen LogP contribution in [0.25, 0.3) is 0 Å². The van der Waals surface area contributed by atoms with E-state index in [1.54, 1.807) is 11.4 Å². The molecule has 108 valence electrons. The second-order valence-corrected chi connectivity index (χ2v) is 7.74. The number of sulfonamides is 1. The third-order valence-corrected chi connectivity index (χ3v) is 6.22. The SMILES string of the molecule is CNCc1cc(S(=O)(=O)NC2(C)CCOC2C)cs1. The fourth-order valence-corrected chi connectivity index (χ4v) is 4.88. The second-order valence-electron chi connectivity index (χ2n) is 5.07. The summed E-state index contributed by atoms with van der Waals surface area (Å²) in [4.78, 5) is 1.34. The van der Waals surface area contributed by atoms with E-state index in [0.29, 0.717) is 24.5 Å². The Kier molecular flexibility index (Phi) is 4.32. The Morgan fingerprint density at radius 3 is 2.89 bits per heavy atom. The molecular formula is C12H20N2O3S2. The van der Waals surface area contributed by atoms with Gasteiger partial charge in [-0.05, 0) is 33.4 Å². The van der Waals surface area contributed by atoms with Gasteiger partial charge in [0.1, 0.15) is 0 Å². The first kappa shape index (κ1) is 14.9. The number of hydrogen-bond acceptors (Lipinski definition) is 5. The molecule has 5 nitrogen and oxygen atoms in total. The maximum absolute atomic E-state index is 12.4. The minimum atomic E-state index is -3.48. The molecule has 1 aromatic heterocycles. The van der Waals surface area contributed by atoms with Gasteiger partial charge in [0.15, 0.2) is 0 Å². The van der Waals surface area contributed by atoms with Crippen LogP contribution in [0.4, 0.5) is 0 Å². The van der Waals surface area contributed by atoms with E-state index in [-0.39, 0.29) is 6.10 Å². The summed E-state index contributed by atoms with van der Waals surface area (Å²) < 4.78 is 33.0. The molecule has 0 amide bonds. The molecule has 0 radical (unpaired) electrons. The Morgan fingerprint density at radius 2 is 2.32 bits per heavy atom. The van der Waals surface area contributed by atoms with Gasteiger partial charge in [-0.3, -0.25) is 0 Å². The lowest BCUT2D eigenvalue weighted by atomic mass is 9.97. The quantitative estimate of drug-likeness (QED) is 0.861. The zero-order valence-corrected chi connectivity index (χ0v) is 13.0. The molecule has 7 heteroatoms. The molecule has 19 heavy (non-hydrogen) atoms. The molecule has 1 aliphatic rings. The standard InChI is InChI=1S/C12H20N2O3S2/c1-9-12(2,4-5-17-9)14-19(15,16)11-6-10(7-13-3)18-8-11/h6,8-9,13-14H,4-5,7H2,1-3H3. The molecule has 1 aliphatic heterocycles. The summed E-state index contributed by atoms with van der Waals surface area (Å²) in [7, 11) is -1.64. The fraction of sp³-hybridized carbons (Fsp3) is 0.667. The van der Waals surface area contributed by atoms with E-state index in [1.165, 1.54) is 11.3 Å². The van der Waals surface area contributed by atoms with Gasteiger partial charge in [-0.25, -0.2) is 13.1 Å². The minimum Gasteiger partial charge on any atom is -0.376 e. The van der Waals surface area contributed by atoms with E-state index < -0.39 is 15.6 Å². The molecule has 2 N–H and O–H groups in total. The molecule has 0 aromatic carbocycles. The first-order valence-electron chi connectivity index (χ1n) is 6.25. The predicted molar refractivity (Wildman–Crippen MR) is 75.8 cm³/mol. The molecule has 1 fully saturated rings. The predicted octanol–water partition coefficient (Wildman–Crippen LogP) is 1.31. The lowest BCUT2D eigenvalue weighted by Gasteiger charge is -2.28. The smallest absolute Gasteiger partial charge is 0.241 e. The molecular weight excluding hydrogens is 284 g/mol. The van der Waals surface area contributed by atoms with Gasteiger partial charge in [-0.15, -0.1) is 11.3 Å². The average molecular weight is 304 g/mol. The highest BCUT2D eigenvalue weighted by Gasteiger charge is 2.40. The molecule has 2 rings (SSSR count). The third-order valence-electron chi connectivity index (χ3n) is 3.55. The topological polar surface area (TPSA) is 67.4 Å². The van der Waals surface area contributed by atoms with Crippen LogP contribution in [0.2, 0.25) is 0 Å². The number of nitrogens with one attached hydrogen (secondary N) is 2. The van der Waals surface area contributed by atoms with Crippen molar-refractivity contribution < 1.29 is 13.2 Å². The van der Waals surface area contributed by atoms with Crippen LogP contribution in [0, 0.1) is 0 Å². The van der Waals surface area contributed by atoms with Crippen molar-refractivity contribution in [3.05, 3.63) is 16.3 Å². The normalized spacial score (nSPS) is 27.8. The highest BCUT2D eigenvalue weighted by molar-refractivity contribution is 7.89. The van der Waals surface area contributed by atoms with Gasteiger partial charge < -0.3 is 10.1 Å². The van der Waals surface area contributed by atoms with E-state index in [0.717, 1.165) is 4.88 Å². The Balaban J connectivity index is 2.17. The maximum atomic E-state index is 12.4. The van der Waals surface area contributed by atoms with Crippen LogP contribution in [0.3, 0.4) is 0 Å². The molecule has 0 spiro atoms. The van der Waals surface area contributed by atoms with Gasteiger partial charge in [-0.2, -0.15) is 0 Å². The molecule has 2 unspecified atom stereocenters. The average Bonchev–Trinajstić information content (AvgIpc) is 2.88. The Morgan fingerprint density at radius 1 is 1.58 bits per heavy atom. The monoisotopic (exact) mass is 304 g/mol. The van der Waals surface area contributed by atoms with Crippen LogP contribution >= 0.6 is 11.3 Å². The minimum absolute atomic E-state index is 0.113. The lowest BCUT2D eigenvalue weighted by molar-refractivity contribution is 0.0957. The molecule has 2 heterocycles. The van der Waals surface area contributed by atoms with E-state index in [4.69, 9.17) is 4.74 Å². The van der Waals surface area contributed by atoms with E-state index in [9.17, 15) is 8.42 Å². The van der Waals surface area contributed by atoms with Crippen molar-refractivity contribution in [2.24, 2.45) is 0 Å². The summed E-state index contributed by atoms with van der Waals surface area (Å²) in [6.45, 7) is 5.06.